The lowest BCUT2D eigenvalue weighted by Crippen LogP contribution is -2.21. The van der Waals surface area contributed by atoms with Crippen LogP contribution in [0.5, 0.6) is 5.75 Å². The second-order valence-corrected chi connectivity index (χ2v) is 5.75. The number of rotatable bonds is 4. The number of ether oxygens (including phenoxy) is 1. The first-order valence-corrected chi connectivity index (χ1v) is 7.78. The number of aromatic nitrogens is 1. The molecule has 0 fully saturated rings. The minimum Gasteiger partial charge on any atom is -0.496 e. The molecule has 24 heavy (non-hydrogen) atoms. The van der Waals surface area contributed by atoms with E-state index in [0.29, 0.717) is 11.5 Å². The zero-order valence-corrected chi connectivity index (χ0v) is 15.0. The Bertz CT molecular complexity index is 825. The summed E-state index contributed by atoms with van der Waals surface area (Å²) in [7, 11) is 1.55. The molecule has 1 aromatic heterocycles. The molecule has 126 valence electrons. The number of nitrogens with two attached hydrogens (primary N) is 1. The van der Waals surface area contributed by atoms with E-state index in [0.717, 1.165) is 5.56 Å². The van der Waals surface area contributed by atoms with Crippen molar-refractivity contribution in [3.8, 4) is 5.75 Å². The highest BCUT2D eigenvalue weighted by Gasteiger charge is 2.19. The second-order valence-electron chi connectivity index (χ2n) is 4.63. The van der Waals surface area contributed by atoms with Crippen LogP contribution in [-0.4, -0.2) is 23.7 Å². The standard InChI is InChI=1S/C15H13Cl3N4O2/c1-7(8-5-3-4-6-9(8)24-2)21-22-15(23)13-10(16)12(19)11(17)14(18)20-13/h3-6H,1-2H3,(H2,19,20)(H,22,23)/b21-7-. The maximum absolute atomic E-state index is 12.2. The van der Waals surface area contributed by atoms with Gasteiger partial charge in [0.25, 0.3) is 5.91 Å². The van der Waals surface area contributed by atoms with Gasteiger partial charge < -0.3 is 10.5 Å². The SMILES string of the molecule is COc1ccccc1/C(C)=N\NC(=O)c1nc(Cl)c(Cl)c(N)c1Cl. The second kappa shape index (κ2) is 7.70. The molecule has 0 radical (unpaired) electrons. The predicted octanol–water partition coefficient (Wildman–Crippen LogP) is 3.79. The van der Waals surface area contributed by atoms with Crippen molar-refractivity contribution in [3.05, 3.63) is 50.7 Å². The average Bonchev–Trinajstić information content (AvgIpc) is 2.60. The number of methoxy groups -OCH3 is 1. The van der Waals surface area contributed by atoms with Gasteiger partial charge in [0, 0.05) is 5.56 Å². The molecule has 0 aliphatic carbocycles. The summed E-state index contributed by atoms with van der Waals surface area (Å²) in [5.74, 6) is -0.0394. The third-order valence-electron chi connectivity index (χ3n) is 3.11. The molecule has 0 aliphatic rings. The molecular formula is C15H13Cl3N4O2. The zero-order valence-electron chi connectivity index (χ0n) is 12.7. The highest BCUT2D eigenvalue weighted by Crippen LogP contribution is 2.34. The van der Waals surface area contributed by atoms with E-state index in [4.69, 9.17) is 45.3 Å². The first-order chi connectivity index (χ1) is 11.4. The first-order valence-electron chi connectivity index (χ1n) is 6.64. The van der Waals surface area contributed by atoms with Gasteiger partial charge in [-0.1, -0.05) is 46.9 Å². The van der Waals surface area contributed by atoms with Crippen molar-refractivity contribution in [3.63, 3.8) is 0 Å². The number of hydrogen-bond acceptors (Lipinski definition) is 5. The number of para-hydroxylation sites is 1. The highest BCUT2D eigenvalue weighted by atomic mass is 35.5. The van der Waals surface area contributed by atoms with Crippen molar-refractivity contribution in [1.29, 1.82) is 0 Å². The molecule has 1 aromatic carbocycles. The number of halogens is 3. The van der Waals surface area contributed by atoms with Crippen LogP contribution in [0.1, 0.15) is 23.0 Å². The fraction of sp³-hybridized carbons (Fsp3) is 0.133. The van der Waals surface area contributed by atoms with Crippen LogP contribution in [0.15, 0.2) is 29.4 Å². The third-order valence-corrected chi connectivity index (χ3v) is 4.24. The highest BCUT2D eigenvalue weighted by molar-refractivity contribution is 6.46. The summed E-state index contributed by atoms with van der Waals surface area (Å²) < 4.78 is 5.25. The van der Waals surface area contributed by atoms with E-state index >= 15 is 0 Å². The maximum Gasteiger partial charge on any atom is 0.291 e. The number of amides is 1. The summed E-state index contributed by atoms with van der Waals surface area (Å²) in [6.45, 7) is 1.72. The van der Waals surface area contributed by atoms with E-state index in [1.165, 1.54) is 0 Å². The number of anilines is 1. The molecule has 2 rings (SSSR count). The van der Waals surface area contributed by atoms with Crippen molar-refractivity contribution in [2.75, 3.05) is 12.8 Å². The van der Waals surface area contributed by atoms with Crippen molar-refractivity contribution in [1.82, 2.24) is 10.4 Å². The molecule has 0 atom stereocenters. The van der Waals surface area contributed by atoms with Crippen molar-refractivity contribution < 1.29 is 9.53 Å². The molecule has 3 N–H and O–H groups in total. The largest absolute Gasteiger partial charge is 0.496 e. The van der Waals surface area contributed by atoms with Crippen LogP contribution in [0.25, 0.3) is 0 Å². The number of carbonyl (C=O) groups is 1. The Morgan fingerprint density at radius 2 is 1.92 bits per heavy atom. The summed E-state index contributed by atoms with van der Waals surface area (Å²) in [5, 5.41) is 3.81. The number of nitrogens with zero attached hydrogens (tertiary/aromatic N) is 2. The Labute approximate surface area is 153 Å². The van der Waals surface area contributed by atoms with E-state index in [-0.39, 0.29) is 26.6 Å². The molecule has 9 heteroatoms. The van der Waals surface area contributed by atoms with Crippen LogP contribution in [0, 0.1) is 0 Å². The van der Waals surface area contributed by atoms with Gasteiger partial charge in [-0.3, -0.25) is 4.79 Å². The fourth-order valence-corrected chi connectivity index (χ4v) is 2.47. The van der Waals surface area contributed by atoms with Crippen molar-refractivity contribution in [2.45, 2.75) is 6.92 Å². The number of pyridine rings is 1. The monoisotopic (exact) mass is 386 g/mol. The van der Waals surface area contributed by atoms with E-state index in [9.17, 15) is 4.79 Å². The number of carbonyl (C=O) groups excluding carboxylic acids is 1. The van der Waals surface area contributed by atoms with Crippen LogP contribution in [0.4, 0.5) is 5.69 Å². The van der Waals surface area contributed by atoms with E-state index < -0.39 is 5.91 Å². The Balaban J connectivity index is 2.27. The first kappa shape index (κ1) is 18.3. The summed E-state index contributed by atoms with van der Waals surface area (Å²) in [4.78, 5) is 16.1. The fourth-order valence-electron chi connectivity index (χ4n) is 1.87. The van der Waals surface area contributed by atoms with Gasteiger partial charge >= 0.3 is 0 Å². The Morgan fingerprint density at radius 3 is 2.58 bits per heavy atom. The minimum atomic E-state index is -0.667. The van der Waals surface area contributed by atoms with Crippen LogP contribution >= 0.6 is 34.8 Å². The smallest absolute Gasteiger partial charge is 0.291 e. The third kappa shape index (κ3) is 3.72. The maximum atomic E-state index is 12.2. The molecule has 1 heterocycles. The number of hydrogen-bond donors (Lipinski definition) is 2. The van der Waals surface area contributed by atoms with Crippen LogP contribution in [-0.2, 0) is 0 Å². The molecule has 0 unspecified atom stereocenters. The summed E-state index contributed by atoms with van der Waals surface area (Å²) in [6.07, 6.45) is 0. The van der Waals surface area contributed by atoms with E-state index in [2.05, 4.69) is 15.5 Å². The summed E-state index contributed by atoms with van der Waals surface area (Å²) in [6, 6.07) is 7.26. The van der Waals surface area contributed by atoms with Gasteiger partial charge in [0.2, 0.25) is 0 Å². The summed E-state index contributed by atoms with van der Waals surface area (Å²) >= 11 is 17.6. The van der Waals surface area contributed by atoms with E-state index in [1.54, 1.807) is 20.1 Å². The van der Waals surface area contributed by atoms with Gasteiger partial charge in [-0.25, -0.2) is 10.4 Å². The predicted molar refractivity (Wildman–Crippen MR) is 96.4 cm³/mol. The Kier molecular flexibility index (Phi) is 5.88. The lowest BCUT2D eigenvalue weighted by atomic mass is 10.1. The molecular weight excluding hydrogens is 375 g/mol. The number of nitrogens with one attached hydrogen (secondary N) is 1. The van der Waals surface area contributed by atoms with Gasteiger partial charge in [-0.2, -0.15) is 5.10 Å². The quantitative estimate of drug-likeness (QED) is 0.474. The lowest BCUT2D eigenvalue weighted by Gasteiger charge is -2.09. The number of hydrazone groups is 1. The van der Waals surface area contributed by atoms with Gasteiger partial charge in [-0.15, -0.1) is 0 Å². The summed E-state index contributed by atoms with van der Waals surface area (Å²) in [5.41, 5.74) is 9.11. The number of nitrogen functional groups attached to an aromatic ring is 1. The van der Waals surface area contributed by atoms with Gasteiger partial charge in [0.15, 0.2) is 10.8 Å². The van der Waals surface area contributed by atoms with Crippen LogP contribution in [0.3, 0.4) is 0 Å². The van der Waals surface area contributed by atoms with E-state index in [1.807, 2.05) is 18.2 Å². The lowest BCUT2D eigenvalue weighted by molar-refractivity contribution is 0.0950. The van der Waals surface area contributed by atoms with Gasteiger partial charge in [0.1, 0.15) is 10.8 Å². The molecule has 0 saturated carbocycles. The molecule has 2 aromatic rings. The van der Waals surface area contributed by atoms with Crippen LogP contribution in [0.2, 0.25) is 15.2 Å². The van der Waals surface area contributed by atoms with Gasteiger partial charge in [0.05, 0.1) is 23.5 Å². The zero-order chi connectivity index (χ0) is 17.9. The average molecular weight is 388 g/mol. The molecule has 0 spiro atoms. The molecule has 0 bridgehead atoms. The topological polar surface area (TPSA) is 89.6 Å². The molecule has 1 amide bonds. The van der Waals surface area contributed by atoms with Crippen LogP contribution < -0.4 is 15.9 Å². The normalized spacial score (nSPS) is 11.3. The number of benzene rings is 1. The Morgan fingerprint density at radius 1 is 1.25 bits per heavy atom. The molecule has 0 saturated heterocycles. The minimum absolute atomic E-state index is 0.00748. The van der Waals surface area contributed by atoms with Gasteiger partial charge in [-0.05, 0) is 19.1 Å². The van der Waals surface area contributed by atoms with Crippen molar-refractivity contribution in [2.24, 2.45) is 5.10 Å². The molecule has 6 nitrogen and oxygen atoms in total. The Hall–Kier alpha value is -2.02. The van der Waals surface area contributed by atoms with Crippen molar-refractivity contribution >= 4 is 52.1 Å². The molecule has 0 aliphatic heterocycles.